The summed E-state index contributed by atoms with van der Waals surface area (Å²) in [5.41, 5.74) is 5.62. The first-order valence-corrected chi connectivity index (χ1v) is 7.06. The Balaban J connectivity index is 2.46. The van der Waals surface area contributed by atoms with E-state index in [4.69, 9.17) is 10.5 Å². The molecule has 0 aliphatic rings. The maximum atomic E-state index is 5.62. The summed E-state index contributed by atoms with van der Waals surface area (Å²) < 4.78 is 5.24. The molecule has 19 heavy (non-hydrogen) atoms. The second-order valence-corrected chi connectivity index (χ2v) is 4.63. The summed E-state index contributed by atoms with van der Waals surface area (Å²) >= 11 is 0. The van der Waals surface area contributed by atoms with Crippen LogP contribution in [0.1, 0.15) is 52.9 Å². The van der Waals surface area contributed by atoms with Crippen molar-refractivity contribution in [2.24, 2.45) is 0 Å². The van der Waals surface area contributed by atoms with Crippen LogP contribution in [-0.2, 0) is 0 Å². The third-order valence-electron chi connectivity index (χ3n) is 2.77. The van der Waals surface area contributed by atoms with E-state index in [2.05, 4.69) is 34.1 Å². The highest BCUT2D eigenvalue weighted by atomic mass is 16.5. The third kappa shape index (κ3) is 6.22. The van der Waals surface area contributed by atoms with E-state index in [1.165, 1.54) is 25.7 Å². The van der Waals surface area contributed by atoms with Crippen molar-refractivity contribution in [2.75, 3.05) is 17.7 Å². The van der Waals surface area contributed by atoms with Crippen LogP contribution in [0.25, 0.3) is 0 Å². The largest absolute Gasteiger partial charge is 0.464 e. The number of nitrogens with zero attached hydrogens (tertiary/aromatic N) is 3. The van der Waals surface area contributed by atoms with E-state index in [9.17, 15) is 0 Å². The SMILES string of the molecule is CCCCCCC(C)Nc1nc(N)nc(OCC)n1. The average Bonchev–Trinajstić information content (AvgIpc) is 2.34. The van der Waals surface area contributed by atoms with E-state index < -0.39 is 0 Å². The van der Waals surface area contributed by atoms with Gasteiger partial charge in [-0.3, -0.25) is 0 Å². The van der Waals surface area contributed by atoms with Crippen molar-refractivity contribution >= 4 is 11.9 Å². The minimum absolute atomic E-state index is 0.180. The quantitative estimate of drug-likeness (QED) is 0.669. The minimum Gasteiger partial charge on any atom is -0.464 e. The molecule has 0 saturated heterocycles. The van der Waals surface area contributed by atoms with Gasteiger partial charge < -0.3 is 15.8 Å². The van der Waals surface area contributed by atoms with Crippen LogP contribution in [0.4, 0.5) is 11.9 Å². The lowest BCUT2D eigenvalue weighted by Gasteiger charge is -2.14. The van der Waals surface area contributed by atoms with E-state index in [0.29, 0.717) is 18.6 Å². The topological polar surface area (TPSA) is 86.0 Å². The molecule has 0 aliphatic carbocycles. The molecule has 108 valence electrons. The zero-order valence-corrected chi connectivity index (χ0v) is 12.1. The predicted molar refractivity (Wildman–Crippen MR) is 77.3 cm³/mol. The van der Waals surface area contributed by atoms with Gasteiger partial charge in [0.2, 0.25) is 11.9 Å². The van der Waals surface area contributed by atoms with E-state index in [-0.39, 0.29) is 12.0 Å². The molecule has 0 amide bonds. The van der Waals surface area contributed by atoms with Gasteiger partial charge in [-0.2, -0.15) is 15.0 Å². The van der Waals surface area contributed by atoms with Gasteiger partial charge in [-0.25, -0.2) is 0 Å². The first-order chi connectivity index (χ1) is 9.15. The average molecular weight is 267 g/mol. The van der Waals surface area contributed by atoms with Gasteiger partial charge in [-0.1, -0.05) is 32.6 Å². The molecular weight excluding hydrogens is 242 g/mol. The first kappa shape index (κ1) is 15.5. The number of unbranched alkanes of at least 4 members (excludes halogenated alkanes) is 3. The van der Waals surface area contributed by atoms with Crippen LogP contribution < -0.4 is 15.8 Å². The van der Waals surface area contributed by atoms with Crippen LogP contribution in [-0.4, -0.2) is 27.6 Å². The highest BCUT2D eigenvalue weighted by Gasteiger charge is 2.08. The highest BCUT2D eigenvalue weighted by Crippen LogP contribution is 2.12. The van der Waals surface area contributed by atoms with Crippen LogP contribution in [0.5, 0.6) is 6.01 Å². The molecule has 0 fully saturated rings. The fourth-order valence-corrected chi connectivity index (χ4v) is 1.80. The Morgan fingerprint density at radius 1 is 1.16 bits per heavy atom. The van der Waals surface area contributed by atoms with Crippen molar-refractivity contribution in [1.29, 1.82) is 0 Å². The number of rotatable bonds is 9. The predicted octanol–water partition coefficient (Wildman–Crippen LogP) is 2.62. The monoisotopic (exact) mass is 267 g/mol. The summed E-state index contributed by atoms with van der Waals surface area (Å²) in [6, 6.07) is 0.587. The molecule has 0 aliphatic heterocycles. The number of hydrogen-bond acceptors (Lipinski definition) is 6. The molecular formula is C13H25N5O. The summed E-state index contributed by atoms with van der Waals surface area (Å²) in [5.74, 6) is 0.665. The Morgan fingerprint density at radius 3 is 2.63 bits per heavy atom. The number of nitrogens with one attached hydrogen (secondary N) is 1. The number of nitrogens with two attached hydrogens (primary N) is 1. The van der Waals surface area contributed by atoms with E-state index >= 15 is 0 Å². The maximum Gasteiger partial charge on any atom is 0.323 e. The number of aromatic nitrogens is 3. The number of hydrogen-bond donors (Lipinski definition) is 2. The van der Waals surface area contributed by atoms with Gasteiger partial charge in [-0.15, -0.1) is 0 Å². The second-order valence-electron chi connectivity index (χ2n) is 4.63. The van der Waals surface area contributed by atoms with Crippen molar-refractivity contribution in [3.05, 3.63) is 0 Å². The smallest absolute Gasteiger partial charge is 0.323 e. The van der Waals surface area contributed by atoms with Crippen molar-refractivity contribution in [1.82, 2.24) is 15.0 Å². The molecule has 3 N–H and O–H groups in total. The first-order valence-electron chi connectivity index (χ1n) is 7.06. The summed E-state index contributed by atoms with van der Waals surface area (Å²) in [6.45, 7) is 6.72. The van der Waals surface area contributed by atoms with Gasteiger partial charge in [0.25, 0.3) is 0 Å². The second kappa shape index (κ2) is 8.50. The molecule has 1 rings (SSSR count). The molecule has 1 aromatic heterocycles. The Bertz CT molecular complexity index is 372. The van der Waals surface area contributed by atoms with Gasteiger partial charge >= 0.3 is 6.01 Å². The minimum atomic E-state index is 0.180. The molecule has 6 heteroatoms. The molecule has 1 atom stereocenters. The van der Waals surface area contributed by atoms with E-state index in [1.54, 1.807) is 0 Å². The molecule has 1 aromatic rings. The zero-order chi connectivity index (χ0) is 14.1. The fraction of sp³-hybridized carbons (Fsp3) is 0.769. The van der Waals surface area contributed by atoms with Crippen LogP contribution in [0, 0.1) is 0 Å². The van der Waals surface area contributed by atoms with Gasteiger partial charge in [0.05, 0.1) is 6.61 Å². The fourth-order valence-electron chi connectivity index (χ4n) is 1.80. The van der Waals surface area contributed by atoms with Gasteiger partial charge in [0.15, 0.2) is 0 Å². The Morgan fingerprint density at radius 2 is 1.95 bits per heavy atom. The molecule has 0 radical (unpaired) electrons. The van der Waals surface area contributed by atoms with Crippen LogP contribution >= 0.6 is 0 Å². The molecule has 0 spiro atoms. The normalized spacial score (nSPS) is 12.2. The summed E-state index contributed by atoms with van der Waals surface area (Å²) in [6.07, 6.45) is 6.12. The highest BCUT2D eigenvalue weighted by molar-refractivity contribution is 5.33. The molecule has 1 heterocycles. The molecule has 0 saturated carbocycles. The van der Waals surface area contributed by atoms with Crippen molar-refractivity contribution in [3.63, 3.8) is 0 Å². The van der Waals surface area contributed by atoms with Crippen LogP contribution in [0.3, 0.4) is 0 Å². The lowest BCUT2D eigenvalue weighted by molar-refractivity contribution is 0.312. The number of ether oxygens (including phenoxy) is 1. The Kier molecular flexibility index (Phi) is 6.92. The summed E-state index contributed by atoms with van der Waals surface area (Å²) in [5, 5.41) is 3.24. The van der Waals surface area contributed by atoms with Gasteiger partial charge in [0, 0.05) is 6.04 Å². The molecule has 0 aromatic carbocycles. The summed E-state index contributed by atoms with van der Waals surface area (Å²) in [7, 11) is 0. The number of anilines is 2. The van der Waals surface area contributed by atoms with Gasteiger partial charge in [-0.05, 0) is 20.3 Å². The zero-order valence-electron chi connectivity index (χ0n) is 12.1. The molecule has 0 bridgehead atoms. The van der Waals surface area contributed by atoms with Crippen molar-refractivity contribution < 1.29 is 4.74 Å². The van der Waals surface area contributed by atoms with Crippen LogP contribution in [0.2, 0.25) is 0 Å². The van der Waals surface area contributed by atoms with E-state index in [0.717, 1.165) is 6.42 Å². The van der Waals surface area contributed by atoms with E-state index in [1.807, 2.05) is 6.92 Å². The molecule has 6 nitrogen and oxygen atoms in total. The summed E-state index contributed by atoms with van der Waals surface area (Å²) in [4.78, 5) is 12.1. The van der Waals surface area contributed by atoms with Gasteiger partial charge in [0.1, 0.15) is 0 Å². The molecule has 1 unspecified atom stereocenters. The maximum absolute atomic E-state index is 5.62. The Labute approximate surface area is 115 Å². The van der Waals surface area contributed by atoms with Crippen molar-refractivity contribution in [2.45, 2.75) is 58.9 Å². The van der Waals surface area contributed by atoms with Crippen molar-refractivity contribution in [3.8, 4) is 6.01 Å². The standard InChI is InChI=1S/C13H25N5O/c1-4-6-7-8-9-10(3)15-12-16-11(14)17-13(18-12)19-5-2/h10H,4-9H2,1-3H3,(H3,14,15,16,17,18). The Hall–Kier alpha value is -1.59. The lowest BCUT2D eigenvalue weighted by Crippen LogP contribution is -2.18. The third-order valence-corrected chi connectivity index (χ3v) is 2.77. The van der Waals surface area contributed by atoms with Crippen LogP contribution in [0.15, 0.2) is 0 Å². The number of nitrogen functional groups attached to an aromatic ring is 1. The lowest BCUT2D eigenvalue weighted by atomic mass is 10.1.